The topological polar surface area (TPSA) is 78.9 Å². The first-order valence-corrected chi connectivity index (χ1v) is 29.0. The minimum Gasteiger partial charge on any atom is -0.462 e. The Morgan fingerprint density at radius 3 is 0.901 bits per heavy atom. The highest BCUT2D eigenvalue weighted by molar-refractivity contribution is 5.71. The zero-order valence-corrected chi connectivity index (χ0v) is 45.9. The molecule has 0 heterocycles. The van der Waals surface area contributed by atoms with E-state index in [1.54, 1.807) is 0 Å². The van der Waals surface area contributed by atoms with E-state index in [9.17, 15) is 14.4 Å². The standard InChI is InChI=1S/C65H106O6/c1-4-7-10-13-16-19-22-25-28-30-32-34-37-39-42-45-48-51-54-57-63(66)69-60-62(71-65(68)59-56-53-50-47-44-41-36-27-24-21-18-15-12-9-6-3)61-70-64(67)58-55-52-49-46-43-40-38-35-33-31-29-26-23-20-17-14-11-8-5-2/h9,12,16-21,25-29,32,34,36,39,42,44,47,62H,4-8,10-11,13-15,22-24,30-31,33,35,37-38,40-41,43,45-46,48-61H2,1-3H3/b12-9-,19-16-,20-17-,21-18-,28-25-,29-26-,34-32-,36-27-,42-39-,47-44-/t62-/m1/s1. The molecule has 0 aliphatic carbocycles. The van der Waals surface area contributed by atoms with Gasteiger partial charge in [0.15, 0.2) is 6.10 Å². The van der Waals surface area contributed by atoms with Crippen LogP contribution in [0.3, 0.4) is 0 Å². The normalized spacial score (nSPS) is 13.0. The van der Waals surface area contributed by atoms with E-state index in [2.05, 4.69) is 142 Å². The summed E-state index contributed by atoms with van der Waals surface area (Å²) in [5.41, 5.74) is 0. The van der Waals surface area contributed by atoms with Gasteiger partial charge in [0.25, 0.3) is 0 Å². The third-order valence-electron chi connectivity index (χ3n) is 11.9. The van der Waals surface area contributed by atoms with Gasteiger partial charge in [-0.25, -0.2) is 0 Å². The monoisotopic (exact) mass is 983 g/mol. The van der Waals surface area contributed by atoms with Gasteiger partial charge in [0.2, 0.25) is 0 Å². The summed E-state index contributed by atoms with van der Waals surface area (Å²) in [6.45, 7) is 6.40. The van der Waals surface area contributed by atoms with Gasteiger partial charge in [-0.3, -0.25) is 14.4 Å². The number of unbranched alkanes of at least 4 members (excludes halogenated alkanes) is 20. The van der Waals surface area contributed by atoms with Crippen molar-refractivity contribution in [2.75, 3.05) is 13.2 Å². The summed E-state index contributed by atoms with van der Waals surface area (Å²) < 4.78 is 16.8. The summed E-state index contributed by atoms with van der Waals surface area (Å²) in [6.07, 6.45) is 80.4. The van der Waals surface area contributed by atoms with Gasteiger partial charge in [0.1, 0.15) is 13.2 Å². The van der Waals surface area contributed by atoms with Crippen LogP contribution in [0, 0.1) is 0 Å². The molecule has 71 heavy (non-hydrogen) atoms. The van der Waals surface area contributed by atoms with Crippen LogP contribution in [0.5, 0.6) is 0 Å². The maximum absolute atomic E-state index is 12.8. The van der Waals surface area contributed by atoms with E-state index in [4.69, 9.17) is 14.2 Å². The van der Waals surface area contributed by atoms with E-state index in [0.717, 1.165) is 109 Å². The number of allylic oxidation sites excluding steroid dienone is 20. The number of hydrogen-bond acceptors (Lipinski definition) is 6. The zero-order chi connectivity index (χ0) is 51.4. The molecule has 0 bridgehead atoms. The summed E-state index contributed by atoms with van der Waals surface area (Å²) in [4.78, 5) is 38.2. The molecule has 0 aromatic rings. The summed E-state index contributed by atoms with van der Waals surface area (Å²) in [5.74, 6) is -0.990. The molecule has 0 saturated heterocycles. The lowest BCUT2D eigenvalue weighted by molar-refractivity contribution is -0.167. The molecule has 0 aliphatic heterocycles. The highest BCUT2D eigenvalue weighted by Crippen LogP contribution is 2.14. The highest BCUT2D eigenvalue weighted by atomic mass is 16.6. The number of carbonyl (C=O) groups is 3. The summed E-state index contributed by atoms with van der Waals surface area (Å²) in [7, 11) is 0. The van der Waals surface area contributed by atoms with Crippen molar-refractivity contribution in [3.8, 4) is 0 Å². The number of hydrogen-bond donors (Lipinski definition) is 0. The van der Waals surface area contributed by atoms with Gasteiger partial charge in [-0.1, -0.05) is 219 Å². The molecule has 0 saturated carbocycles. The summed E-state index contributed by atoms with van der Waals surface area (Å²) >= 11 is 0. The second-order valence-corrected chi connectivity index (χ2v) is 18.8. The van der Waals surface area contributed by atoms with E-state index in [-0.39, 0.29) is 37.5 Å². The quantitative estimate of drug-likeness (QED) is 0.0261. The SMILES string of the molecule is CC/C=C\C/C=C\C/C=C\C/C=C\CCCCC(=O)O[C@H](COC(=O)CCCCC/C=C\C/C=C\C/C=C\C/C=C\CCCCC)COC(=O)CCCCCCCCCCC/C=C\C/C=C\CCCCC. The number of carbonyl (C=O) groups excluding carboxylic acids is 3. The molecule has 6 heteroatoms. The smallest absolute Gasteiger partial charge is 0.306 e. The summed E-state index contributed by atoms with van der Waals surface area (Å²) in [6, 6.07) is 0. The second kappa shape index (κ2) is 58.4. The second-order valence-electron chi connectivity index (χ2n) is 18.8. The Labute approximate surface area is 437 Å². The Kier molecular flexibility index (Phi) is 54.9. The van der Waals surface area contributed by atoms with Crippen molar-refractivity contribution < 1.29 is 28.6 Å². The molecular formula is C65H106O6. The van der Waals surface area contributed by atoms with Crippen LogP contribution >= 0.6 is 0 Å². The van der Waals surface area contributed by atoms with Crippen molar-refractivity contribution >= 4 is 17.9 Å². The molecule has 0 N–H and O–H groups in total. The minimum atomic E-state index is -0.819. The highest BCUT2D eigenvalue weighted by Gasteiger charge is 2.19. The van der Waals surface area contributed by atoms with Crippen molar-refractivity contribution in [2.45, 2.75) is 258 Å². The van der Waals surface area contributed by atoms with Gasteiger partial charge in [-0.15, -0.1) is 0 Å². The largest absolute Gasteiger partial charge is 0.462 e. The van der Waals surface area contributed by atoms with Crippen molar-refractivity contribution in [2.24, 2.45) is 0 Å². The average Bonchev–Trinajstić information content (AvgIpc) is 3.37. The van der Waals surface area contributed by atoms with Gasteiger partial charge in [0, 0.05) is 19.3 Å². The van der Waals surface area contributed by atoms with Gasteiger partial charge >= 0.3 is 17.9 Å². The summed E-state index contributed by atoms with van der Waals surface area (Å²) in [5, 5.41) is 0. The predicted molar refractivity (Wildman–Crippen MR) is 306 cm³/mol. The van der Waals surface area contributed by atoms with Crippen molar-refractivity contribution in [1.82, 2.24) is 0 Å². The Morgan fingerprint density at radius 1 is 0.296 bits per heavy atom. The molecule has 0 aromatic heterocycles. The van der Waals surface area contributed by atoms with Gasteiger partial charge in [-0.05, 0) is 135 Å². The molecule has 0 radical (unpaired) electrons. The number of ether oxygens (including phenoxy) is 3. The first-order valence-electron chi connectivity index (χ1n) is 29.0. The lowest BCUT2D eigenvalue weighted by Crippen LogP contribution is -2.30. The fraction of sp³-hybridized carbons (Fsp3) is 0.646. The zero-order valence-electron chi connectivity index (χ0n) is 45.9. The van der Waals surface area contributed by atoms with Crippen LogP contribution in [0.4, 0.5) is 0 Å². The van der Waals surface area contributed by atoms with Crippen LogP contribution in [-0.2, 0) is 28.6 Å². The fourth-order valence-electron chi connectivity index (χ4n) is 7.56. The molecule has 0 aliphatic rings. The van der Waals surface area contributed by atoms with Crippen LogP contribution < -0.4 is 0 Å². The van der Waals surface area contributed by atoms with Crippen LogP contribution in [0.2, 0.25) is 0 Å². The lowest BCUT2D eigenvalue weighted by atomic mass is 10.1. The Hall–Kier alpha value is -4.19. The molecule has 0 unspecified atom stereocenters. The van der Waals surface area contributed by atoms with Crippen molar-refractivity contribution in [3.63, 3.8) is 0 Å². The Bertz CT molecular complexity index is 1500. The molecule has 1 atom stereocenters. The lowest BCUT2D eigenvalue weighted by Gasteiger charge is -2.18. The molecular weight excluding hydrogens is 877 g/mol. The van der Waals surface area contributed by atoms with Gasteiger partial charge in [-0.2, -0.15) is 0 Å². The first kappa shape index (κ1) is 66.8. The maximum Gasteiger partial charge on any atom is 0.306 e. The average molecular weight is 984 g/mol. The first-order chi connectivity index (χ1) is 35.0. The predicted octanol–water partition coefficient (Wildman–Crippen LogP) is 19.6. The van der Waals surface area contributed by atoms with Gasteiger partial charge in [0.05, 0.1) is 0 Å². The Morgan fingerprint density at radius 2 is 0.549 bits per heavy atom. The number of rotatable bonds is 51. The fourth-order valence-corrected chi connectivity index (χ4v) is 7.56. The third-order valence-corrected chi connectivity index (χ3v) is 11.9. The Balaban J connectivity index is 4.51. The van der Waals surface area contributed by atoms with Gasteiger partial charge < -0.3 is 14.2 Å². The van der Waals surface area contributed by atoms with E-state index in [1.165, 1.54) is 96.3 Å². The van der Waals surface area contributed by atoms with Crippen LogP contribution in [-0.4, -0.2) is 37.2 Å². The van der Waals surface area contributed by atoms with Crippen molar-refractivity contribution in [1.29, 1.82) is 0 Å². The van der Waals surface area contributed by atoms with E-state index < -0.39 is 6.10 Å². The molecule has 6 nitrogen and oxygen atoms in total. The number of esters is 3. The molecule has 0 fully saturated rings. The van der Waals surface area contributed by atoms with Crippen LogP contribution in [0.1, 0.15) is 252 Å². The van der Waals surface area contributed by atoms with Crippen LogP contribution in [0.25, 0.3) is 0 Å². The molecule has 0 rings (SSSR count). The van der Waals surface area contributed by atoms with Crippen LogP contribution in [0.15, 0.2) is 122 Å². The van der Waals surface area contributed by atoms with E-state index in [1.807, 2.05) is 0 Å². The maximum atomic E-state index is 12.8. The molecule has 0 aromatic carbocycles. The van der Waals surface area contributed by atoms with Crippen molar-refractivity contribution in [3.05, 3.63) is 122 Å². The van der Waals surface area contributed by atoms with E-state index >= 15 is 0 Å². The minimum absolute atomic E-state index is 0.110. The molecule has 0 spiro atoms. The third kappa shape index (κ3) is 56.6. The van der Waals surface area contributed by atoms with E-state index in [0.29, 0.717) is 19.3 Å². The molecule has 402 valence electrons. The molecule has 0 amide bonds.